The van der Waals surface area contributed by atoms with Gasteiger partial charge in [0.25, 0.3) is 0 Å². The highest BCUT2D eigenvalue weighted by Gasteiger charge is 2.46. The van der Waals surface area contributed by atoms with E-state index in [9.17, 15) is 0 Å². The molecule has 330 valence electrons. The number of nitrogens with zero attached hydrogens (tertiary/aromatic N) is 1. The van der Waals surface area contributed by atoms with Crippen LogP contribution in [0.25, 0.3) is 77.2 Å². The molecule has 0 aliphatic heterocycles. The van der Waals surface area contributed by atoms with Crippen LogP contribution in [-0.2, 0) is 10.8 Å². The van der Waals surface area contributed by atoms with Crippen molar-refractivity contribution in [2.75, 3.05) is 4.90 Å². The van der Waals surface area contributed by atoms with E-state index >= 15 is 0 Å². The topological polar surface area (TPSA) is 16.4 Å². The van der Waals surface area contributed by atoms with E-state index in [0.29, 0.717) is 0 Å². The van der Waals surface area contributed by atoms with Crippen LogP contribution < -0.4 is 4.90 Å². The van der Waals surface area contributed by atoms with Crippen molar-refractivity contribution >= 4 is 49.8 Å². The molecule has 2 heteroatoms. The number of rotatable bonds is 7. The van der Waals surface area contributed by atoms with Gasteiger partial charge in [-0.1, -0.05) is 220 Å². The molecule has 0 radical (unpaired) electrons. The minimum absolute atomic E-state index is 0.171. The molecule has 70 heavy (non-hydrogen) atoms. The SMILES string of the molecule is CC1(C)c2ccccc2-c2ccc(N(c3ccc(-c4c(-c5ccccc5)c5ccccc5c5oc6ccccc6c45)cc3)c3ccc4c(c3)C(c3ccccc3)(c3ccccc3)c3ccccc3-4)cc21. The van der Waals surface area contributed by atoms with Crippen molar-refractivity contribution in [3.63, 3.8) is 0 Å². The van der Waals surface area contributed by atoms with Crippen LogP contribution in [0.3, 0.4) is 0 Å². The summed E-state index contributed by atoms with van der Waals surface area (Å²) in [5.74, 6) is 0. The van der Waals surface area contributed by atoms with Crippen LogP contribution in [0.2, 0.25) is 0 Å². The van der Waals surface area contributed by atoms with Gasteiger partial charge in [0, 0.05) is 44.2 Å². The van der Waals surface area contributed by atoms with E-state index in [1.165, 1.54) is 77.7 Å². The molecule has 2 aliphatic carbocycles. The Morgan fingerprint density at radius 1 is 0.343 bits per heavy atom. The maximum absolute atomic E-state index is 6.81. The number of para-hydroxylation sites is 1. The van der Waals surface area contributed by atoms with Gasteiger partial charge in [-0.3, -0.25) is 0 Å². The molecule has 0 spiro atoms. The van der Waals surface area contributed by atoms with Gasteiger partial charge in [-0.25, -0.2) is 0 Å². The lowest BCUT2D eigenvalue weighted by atomic mass is 9.67. The van der Waals surface area contributed by atoms with Crippen molar-refractivity contribution in [2.24, 2.45) is 0 Å². The molecule has 12 aromatic rings. The lowest BCUT2D eigenvalue weighted by molar-refractivity contribution is 0.660. The molecule has 0 fully saturated rings. The van der Waals surface area contributed by atoms with E-state index in [2.05, 4.69) is 267 Å². The van der Waals surface area contributed by atoms with Crippen LogP contribution in [0, 0.1) is 0 Å². The van der Waals surface area contributed by atoms with Gasteiger partial charge in [-0.2, -0.15) is 0 Å². The molecule has 2 nitrogen and oxygen atoms in total. The van der Waals surface area contributed by atoms with Gasteiger partial charge in [0.05, 0.1) is 5.41 Å². The Labute approximate surface area is 408 Å². The van der Waals surface area contributed by atoms with E-state index in [1.54, 1.807) is 0 Å². The molecule has 0 atom stereocenters. The maximum atomic E-state index is 6.81. The van der Waals surface area contributed by atoms with Crippen molar-refractivity contribution in [1.29, 1.82) is 0 Å². The highest BCUT2D eigenvalue weighted by atomic mass is 16.3. The third-order valence-electron chi connectivity index (χ3n) is 15.5. The number of hydrogen-bond donors (Lipinski definition) is 0. The van der Waals surface area contributed by atoms with Gasteiger partial charge >= 0.3 is 0 Å². The number of fused-ring (bicyclic) bond motifs is 11. The quantitative estimate of drug-likeness (QED) is 0.158. The number of benzene rings is 11. The smallest absolute Gasteiger partial charge is 0.143 e. The average molecular weight is 894 g/mol. The summed E-state index contributed by atoms with van der Waals surface area (Å²) in [6, 6.07) is 91.8. The number of anilines is 3. The second kappa shape index (κ2) is 15.4. The Bertz CT molecular complexity index is 3970. The van der Waals surface area contributed by atoms with Crippen molar-refractivity contribution in [3.8, 4) is 44.5 Å². The summed E-state index contributed by atoms with van der Waals surface area (Å²) >= 11 is 0. The predicted molar refractivity (Wildman–Crippen MR) is 292 cm³/mol. The first-order valence-corrected chi connectivity index (χ1v) is 24.4. The number of furan rings is 1. The Balaban J connectivity index is 1.02. The van der Waals surface area contributed by atoms with Crippen molar-refractivity contribution < 1.29 is 4.42 Å². The Morgan fingerprint density at radius 2 is 0.814 bits per heavy atom. The Kier molecular flexibility index (Phi) is 8.88. The zero-order valence-corrected chi connectivity index (χ0v) is 39.0. The molecule has 0 saturated carbocycles. The molecule has 0 amide bonds. The van der Waals surface area contributed by atoms with E-state index in [1.807, 2.05) is 0 Å². The van der Waals surface area contributed by atoms with Crippen LogP contribution in [0.1, 0.15) is 47.2 Å². The summed E-state index contributed by atoms with van der Waals surface area (Å²) in [6.45, 7) is 4.74. The zero-order chi connectivity index (χ0) is 46.6. The fraction of sp³-hybridized carbons (Fsp3) is 0.0588. The molecule has 11 aromatic carbocycles. The maximum Gasteiger partial charge on any atom is 0.143 e. The summed E-state index contributed by atoms with van der Waals surface area (Å²) in [5.41, 5.74) is 22.0. The fourth-order valence-corrected chi connectivity index (χ4v) is 12.5. The molecule has 1 aromatic heterocycles. The van der Waals surface area contributed by atoms with Gasteiger partial charge in [0.2, 0.25) is 0 Å². The van der Waals surface area contributed by atoms with E-state index in [4.69, 9.17) is 4.42 Å². The molecule has 0 bridgehead atoms. The second-order valence-corrected chi connectivity index (χ2v) is 19.5. The molecule has 0 unspecified atom stereocenters. The average Bonchev–Trinajstić information content (AvgIpc) is 4.03. The summed E-state index contributed by atoms with van der Waals surface area (Å²) in [7, 11) is 0. The second-order valence-electron chi connectivity index (χ2n) is 19.5. The normalized spacial score (nSPS) is 13.8. The zero-order valence-electron chi connectivity index (χ0n) is 39.0. The summed E-state index contributed by atoms with van der Waals surface area (Å²) in [6.07, 6.45) is 0. The highest BCUT2D eigenvalue weighted by molar-refractivity contribution is 6.26. The molecule has 2 aliphatic rings. The molecule has 0 N–H and O–H groups in total. The van der Waals surface area contributed by atoms with Crippen LogP contribution in [-0.4, -0.2) is 0 Å². The Hall–Kier alpha value is -8.72. The van der Waals surface area contributed by atoms with Gasteiger partial charge in [0.15, 0.2) is 0 Å². The van der Waals surface area contributed by atoms with E-state index in [-0.39, 0.29) is 5.41 Å². The summed E-state index contributed by atoms with van der Waals surface area (Å²) in [4.78, 5) is 2.48. The van der Waals surface area contributed by atoms with Gasteiger partial charge in [-0.15, -0.1) is 0 Å². The molecule has 0 saturated heterocycles. The van der Waals surface area contributed by atoms with E-state index < -0.39 is 5.41 Å². The third kappa shape index (κ3) is 5.74. The highest BCUT2D eigenvalue weighted by Crippen LogP contribution is 2.58. The lowest BCUT2D eigenvalue weighted by Gasteiger charge is -2.35. The van der Waals surface area contributed by atoms with Crippen LogP contribution in [0.4, 0.5) is 17.1 Å². The fourth-order valence-electron chi connectivity index (χ4n) is 12.5. The first-order valence-electron chi connectivity index (χ1n) is 24.4. The van der Waals surface area contributed by atoms with Gasteiger partial charge in [0.1, 0.15) is 11.2 Å². The first-order chi connectivity index (χ1) is 34.5. The van der Waals surface area contributed by atoms with Crippen molar-refractivity contribution in [2.45, 2.75) is 24.7 Å². The van der Waals surface area contributed by atoms with Crippen LogP contribution in [0.15, 0.2) is 253 Å². The molecule has 14 rings (SSSR count). The predicted octanol–water partition coefficient (Wildman–Crippen LogP) is 18.2. The monoisotopic (exact) mass is 893 g/mol. The molecular formula is C68H47NO. The third-order valence-corrected chi connectivity index (χ3v) is 15.5. The first kappa shape index (κ1) is 40.4. The molecule has 1 heterocycles. The van der Waals surface area contributed by atoms with Gasteiger partial charge in [-0.05, 0) is 120 Å². The van der Waals surface area contributed by atoms with Gasteiger partial charge < -0.3 is 9.32 Å². The number of hydrogen-bond acceptors (Lipinski definition) is 2. The van der Waals surface area contributed by atoms with Crippen LogP contribution in [0.5, 0.6) is 0 Å². The summed E-state index contributed by atoms with van der Waals surface area (Å²) < 4.78 is 6.81. The minimum Gasteiger partial charge on any atom is -0.455 e. The lowest BCUT2D eigenvalue weighted by Crippen LogP contribution is -2.28. The Morgan fingerprint density at radius 3 is 1.49 bits per heavy atom. The molecular weight excluding hydrogens is 847 g/mol. The standard InChI is InChI=1S/C68H47NO/c1-67(2)58-31-17-14-26-51(58)53-40-38-49(42-60(53)67)69(50-39-41-54-52-27-15-18-32-59(52)68(61(54)43-50,46-22-8-4-9-23-46)47-24-10-5-11-25-47)48-36-34-45(35-37-48)64-63(44-20-6-3-7-21-44)55-28-12-13-29-56(55)66-65(64)57-30-16-19-33-62(57)70-66/h3-43H,1-2H3. The van der Waals surface area contributed by atoms with E-state index in [0.717, 1.165) is 50.0 Å². The minimum atomic E-state index is -0.537. The van der Waals surface area contributed by atoms with Crippen LogP contribution >= 0.6 is 0 Å². The van der Waals surface area contributed by atoms with Crippen molar-refractivity contribution in [3.05, 3.63) is 282 Å². The van der Waals surface area contributed by atoms with Crippen molar-refractivity contribution in [1.82, 2.24) is 0 Å². The largest absolute Gasteiger partial charge is 0.455 e. The summed E-state index contributed by atoms with van der Waals surface area (Å²) in [5, 5.41) is 4.53.